The third-order valence-electron chi connectivity index (χ3n) is 3.72. The zero-order valence-electron chi connectivity index (χ0n) is 10.4. The van der Waals surface area contributed by atoms with Crippen LogP contribution in [0.2, 0.25) is 0 Å². The smallest absolute Gasteiger partial charge is 0.127 e. The highest BCUT2D eigenvalue weighted by molar-refractivity contribution is 5.45. The number of nitrogens with two attached hydrogens (primary N) is 1. The number of hydrogen-bond acceptors (Lipinski definition) is 2. The summed E-state index contributed by atoms with van der Waals surface area (Å²) in [4.78, 5) is 0. The first-order valence-electron chi connectivity index (χ1n) is 6.11. The SMILES string of the molecule is CC(C)C(C)C(N)c1cccc2c1OCC2. The van der Waals surface area contributed by atoms with Crippen molar-refractivity contribution in [3.63, 3.8) is 0 Å². The fourth-order valence-electron chi connectivity index (χ4n) is 2.20. The zero-order chi connectivity index (χ0) is 11.7. The van der Waals surface area contributed by atoms with Crippen LogP contribution in [0.25, 0.3) is 0 Å². The molecule has 2 heteroatoms. The van der Waals surface area contributed by atoms with Gasteiger partial charge < -0.3 is 10.5 Å². The number of hydrogen-bond donors (Lipinski definition) is 1. The molecule has 2 atom stereocenters. The molecule has 0 fully saturated rings. The monoisotopic (exact) mass is 219 g/mol. The van der Waals surface area contributed by atoms with Crippen molar-refractivity contribution in [2.24, 2.45) is 17.6 Å². The number of rotatable bonds is 3. The quantitative estimate of drug-likeness (QED) is 0.848. The molecule has 1 aromatic carbocycles. The molecule has 0 bridgehead atoms. The van der Waals surface area contributed by atoms with Crippen molar-refractivity contribution < 1.29 is 4.74 Å². The summed E-state index contributed by atoms with van der Waals surface area (Å²) >= 11 is 0. The molecule has 0 aromatic heterocycles. The maximum Gasteiger partial charge on any atom is 0.127 e. The third-order valence-corrected chi connectivity index (χ3v) is 3.72. The molecular formula is C14H21NO. The average molecular weight is 219 g/mol. The highest BCUT2D eigenvalue weighted by Crippen LogP contribution is 2.36. The van der Waals surface area contributed by atoms with Gasteiger partial charge in [-0.2, -0.15) is 0 Å². The lowest BCUT2D eigenvalue weighted by Gasteiger charge is -2.25. The molecule has 0 radical (unpaired) electrons. The van der Waals surface area contributed by atoms with Gasteiger partial charge in [0.25, 0.3) is 0 Å². The Kier molecular flexibility index (Phi) is 3.20. The largest absolute Gasteiger partial charge is 0.493 e. The Labute approximate surface area is 97.8 Å². The number of benzene rings is 1. The second kappa shape index (κ2) is 4.46. The Morgan fingerprint density at radius 2 is 2.00 bits per heavy atom. The van der Waals surface area contributed by atoms with Crippen LogP contribution in [-0.4, -0.2) is 6.61 Å². The Hall–Kier alpha value is -1.02. The van der Waals surface area contributed by atoms with Crippen molar-refractivity contribution in [2.45, 2.75) is 33.2 Å². The summed E-state index contributed by atoms with van der Waals surface area (Å²) in [6, 6.07) is 6.41. The zero-order valence-corrected chi connectivity index (χ0v) is 10.4. The maximum atomic E-state index is 6.33. The van der Waals surface area contributed by atoms with E-state index in [-0.39, 0.29) is 6.04 Å². The Bertz CT molecular complexity index is 373. The van der Waals surface area contributed by atoms with E-state index in [1.165, 1.54) is 11.1 Å². The predicted octanol–water partition coefficient (Wildman–Crippen LogP) is 2.91. The van der Waals surface area contributed by atoms with Gasteiger partial charge in [-0.05, 0) is 17.4 Å². The topological polar surface area (TPSA) is 35.2 Å². The highest BCUT2D eigenvalue weighted by Gasteiger charge is 2.24. The average Bonchev–Trinajstić information content (AvgIpc) is 2.74. The van der Waals surface area contributed by atoms with Crippen LogP contribution in [-0.2, 0) is 6.42 Å². The van der Waals surface area contributed by atoms with Gasteiger partial charge in [0.1, 0.15) is 5.75 Å². The molecule has 2 unspecified atom stereocenters. The molecule has 2 rings (SSSR count). The van der Waals surface area contributed by atoms with Gasteiger partial charge in [-0.3, -0.25) is 0 Å². The molecule has 1 aromatic rings. The van der Waals surface area contributed by atoms with E-state index in [1.807, 2.05) is 0 Å². The summed E-state index contributed by atoms with van der Waals surface area (Å²) in [6.07, 6.45) is 1.02. The Morgan fingerprint density at radius 3 is 2.69 bits per heavy atom. The first-order chi connectivity index (χ1) is 7.61. The summed E-state index contributed by atoms with van der Waals surface area (Å²) < 4.78 is 5.70. The lowest BCUT2D eigenvalue weighted by Crippen LogP contribution is -2.23. The molecule has 0 spiro atoms. The van der Waals surface area contributed by atoms with E-state index in [0.717, 1.165) is 18.8 Å². The standard InChI is InChI=1S/C14H21NO/c1-9(2)10(3)13(15)12-6-4-5-11-7-8-16-14(11)12/h4-6,9-10,13H,7-8,15H2,1-3H3. The van der Waals surface area contributed by atoms with Crippen molar-refractivity contribution in [1.82, 2.24) is 0 Å². The lowest BCUT2D eigenvalue weighted by atomic mass is 9.86. The Morgan fingerprint density at radius 1 is 1.25 bits per heavy atom. The molecule has 1 aliphatic rings. The van der Waals surface area contributed by atoms with E-state index in [0.29, 0.717) is 11.8 Å². The summed E-state index contributed by atoms with van der Waals surface area (Å²) in [5.74, 6) is 2.10. The van der Waals surface area contributed by atoms with Crippen LogP contribution >= 0.6 is 0 Å². The van der Waals surface area contributed by atoms with E-state index in [1.54, 1.807) is 0 Å². The van der Waals surface area contributed by atoms with Crippen LogP contribution in [0.3, 0.4) is 0 Å². The maximum absolute atomic E-state index is 6.33. The molecule has 1 aliphatic heterocycles. The van der Waals surface area contributed by atoms with Gasteiger partial charge in [0.15, 0.2) is 0 Å². The molecule has 0 saturated heterocycles. The van der Waals surface area contributed by atoms with Gasteiger partial charge in [-0.25, -0.2) is 0 Å². The van der Waals surface area contributed by atoms with E-state index in [2.05, 4.69) is 39.0 Å². The number of fused-ring (bicyclic) bond motifs is 1. The van der Waals surface area contributed by atoms with Crippen LogP contribution in [0.15, 0.2) is 18.2 Å². The molecular weight excluding hydrogens is 198 g/mol. The summed E-state index contributed by atoms with van der Waals surface area (Å²) in [5.41, 5.74) is 8.82. The molecule has 2 N–H and O–H groups in total. The second-order valence-corrected chi connectivity index (χ2v) is 5.06. The molecule has 1 heterocycles. The molecule has 0 saturated carbocycles. The number of ether oxygens (including phenoxy) is 1. The van der Waals surface area contributed by atoms with Gasteiger partial charge in [0.05, 0.1) is 6.61 Å². The van der Waals surface area contributed by atoms with Gasteiger partial charge in [-0.15, -0.1) is 0 Å². The van der Waals surface area contributed by atoms with Crippen molar-refractivity contribution in [3.8, 4) is 5.75 Å². The summed E-state index contributed by atoms with van der Waals surface area (Å²) in [5, 5.41) is 0. The minimum Gasteiger partial charge on any atom is -0.493 e. The van der Waals surface area contributed by atoms with Crippen molar-refractivity contribution in [2.75, 3.05) is 6.61 Å². The molecule has 16 heavy (non-hydrogen) atoms. The van der Waals surface area contributed by atoms with Crippen molar-refractivity contribution in [1.29, 1.82) is 0 Å². The molecule has 0 aliphatic carbocycles. The minimum atomic E-state index is 0.0769. The molecule has 0 amide bonds. The van der Waals surface area contributed by atoms with E-state index in [4.69, 9.17) is 10.5 Å². The van der Waals surface area contributed by atoms with Gasteiger partial charge >= 0.3 is 0 Å². The van der Waals surface area contributed by atoms with Gasteiger partial charge in [-0.1, -0.05) is 39.0 Å². The first kappa shape index (κ1) is 11.5. The normalized spacial score (nSPS) is 18.1. The van der Waals surface area contributed by atoms with Gasteiger partial charge in [0.2, 0.25) is 0 Å². The van der Waals surface area contributed by atoms with E-state index < -0.39 is 0 Å². The van der Waals surface area contributed by atoms with Crippen LogP contribution in [0.4, 0.5) is 0 Å². The first-order valence-corrected chi connectivity index (χ1v) is 6.11. The second-order valence-electron chi connectivity index (χ2n) is 5.06. The Balaban J connectivity index is 2.30. The fraction of sp³-hybridized carbons (Fsp3) is 0.571. The minimum absolute atomic E-state index is 0.0769. The lowest BCUT2D eigenvalue weighted by molar-refractivity contribution is 0.324. The summed E-state index contributed by atoms with van der Waals surface area (Å²) in [7, 11) is 0. The predicted molar refractivity (Wildman–Crippen MR) is 66.6 cm³/mol. The van der Waals surface area contributed by atoms with E-state index in [9.17, 15) is 0 Å². The molecule has 88 valence electrons. The van der Waals surface area contributed by atoms with Gasteiger partial charge in [0, 0.05) is 18.0 Å². The summed E-state index contributed by atoms with van der Waals surface area (Å²) in [6.45, 7) is 7.45. The van der Waals surface area contributed by atoms with Crippen molar-refractivity contribution in [3.05, 3.63) is 29.3 Å². The highest BCUT2D eigenvalue weighted by atomic mass is 16.5. The van der Waals surface area contributed by atoms with E-state index >= 15 is 0 Å². The van der Waals surface area contributed by atoms with Crippen LogP contribution in [0.5, 0.6) is 5.75 Å². The fourth-order valence-corrected chi connectivity index (χ4v) is 2.20. The van der Waals surface area contributed by atoms with Crippen LogP contribution < -0.4 is 10.5 Å². The molecule has 2 nitrogen and oxygen atoms in total. The number of para-hydroxylation sites is 1. The van der Waals surface area contributed by atoms with Crippen molar-refractivity contribution >= 4 is 0 Å². The van der Waals surface area contributed by atoms with Crippen LogP contribution in [0.1, 0.15) is 37.9 Å². The third kappa shape index (κ3) is 1.94. The van der Waals surface area contributed by atoms with Crippen LogP contribution in [0, 0.1) is 11.8 Å².